The minimum absolute atomic E-state index is 0.0321. The van der Waals surface area contributed by atoms with Crippen molar-refractivity contribution in [2.75, 3.05) is 13.1 Å². The summed E-state index contributed by atoms with van der Waals surface area (Å²) in [5.41, 5.74) is 7.77. The van der Waals surface area contributed by atoms with Gasteiger partial charge in [0.05, 0.1) is 12.6 Å². The summed E-state index contributed by atoms with van der Waals surface area (Å²) in [7, 11) is 0. The van der Waals surface area contributed by atoms with E-state index in [0.29, 0.717) is 19.5 Å². The van der Waals surface area contributed by atoms with Gasteiger partial charge >= 0.3 is 6.09 Å². The largest absolute Gasteiger partial charge is 0.444 e. The summed E-state index contributed by atoms with van der Waals surface area (Å²) in [6.45, 7) is 6.46. The molecule has 0 aromatic heterocycles. The summed E-state index contributed by atoms with van der Waals surface area (Å²) in [4.78, 5) is 16.4. The molecule has 3 unspecified atom stereocenters. The van der Waals surface area contributed by atoms with Gasteiger partial charge in [-0.05, 0) is 32.7 Å². The monoisotopic (exact) mass is 254 g/mol. The van der Waals surface area contributed by atoms with Crippen LogP contribution in [0.2, 0.25) is 0 Å². The minimum atomic E-state index is -0.500. The zero-order chi connectivity index (χ0) is 13.3. The van der Waals surface area contributed by atoms with Crippen molar-refractivity contribution in [2.45, 2.75) is 51.0 Å². The number of carbonyl (C=O) groups excluding carboxylic acids is 1. The number of morpholine rings is 1. The van der Waals surface area contributed by atoms with E-state index in [2.05, 4.69) is 10.0 Å². The van der Waals surface area contributed by atoms with Crippen molar-refractivity contribution in [3.63, 3.8) is 0 Å². The third kappa shape index (κ3) is 2.86. The first-order chi connectivity index (χ1) is 8.42. The molecule has 0 N–H and O–H groups in total. The molecule has 7 nitrogen and oxygen atoms in total. The first-order valence-electron chi connectivity index (χ1n) is 6.08. The highest BCUT2D eigenvalue weighted by atomic mass is 16.6. The van der Waals surface area contributed by atoms with Gasteiger partial charge in [0, 0.05) is 11.5 Å². The van der Waals surface area contributed by atoms with E-state index in [4.69, 9.17) is 15.0 Å². The second-order valence-corrected chi connectivity index (χ2v) is 5.58. The maximum atomic E-state index is 12.0. The van der Waals surface area contributed by atoms with Crippen LogP contribution in [-0.4, -0.2) is 47.9 Å². The van der Waals surface area contributed by atoms with Crippen molar-refractivity contribution in [2.24, 2.45) is 5.11 Å². The van der Waals surface area contributed by atoms with Gasteiger partial charge < -0.3 is 9.47 Å². The van der Waals surface area contributed by atoms with Crippen LogP contribution >= 0.6 is 0 Å². The third-order valence-electron chi connectivity index (χ3n) is 2.99. The van der Waals surface area contributed by atoms with Gasteiger partial charge in [-0.2, -0.15) is 0 Å². The number of nitrogens with zero attached hydrogens (tertiary/aromatic N) is 4. The molecule has 2 fully saturated rings. The summed E-state index contributed by atoms with van der Waals surface area (Å²) >= 11 is 0. The molecule has 2 saturated heterocycles. The van der Waals surface area contributed by atoms with Crippen LogP contribution in [0, 0.1) is 0 Å². The lowest BCUT2D eigenvalue weighted by atomic mass is 10.1. The summed E-state index contributed by atoms with van der Waals surface area (Å²) in [5, 5.41) is 3.50. The van der Waals surface area contributed by atoms with Gasteiger partial charge in [-0.15, -0.1) is 0 Å². The predicted molar refractivity (Wildman–Crippen MR) is 64.0 cm³/mol. The van der Waals surface area contributed by atoms with Crippen LogP contribution in [0.5, 0.6) is 0 Å². The molecule has 3 atom stereocenters. The quantitative estimate of drug-likeness (QED) is 0.334. The third-order valence-corrected chi connectivity index (χ3v) is 2.99. The molecule has 18 heavy (non-hydrogen) atoms. The maximum Gasteiger partial charge on any atom is 0.410 e. The first kappa shape index (κ1) is 13.0. The van der Waals surface area contributed by atoms with Crippen LogP contribution in [0.25, 0.3) is 10.4 Å². The highest BCUT2D eigenvalue weighted by Gasteiger charge is 2.56. The number of epoxide rings is 1. The van der Waals surface area contributed by atoms with E-state index >= 15 is 0 Å². The zero-order valence-corrected chi connectivity index (χ0v) is 10.9. The average molecular weight is 254 g/mol. The Bertz CT molecular complexity index is 386. The summed E-state index contributed by atoms with van der Waals surface area (Å²) in [5.74, 6) is 0. The fourth-order valence-electron chi connectivity index (χ4n) is 2.23. The highest BCUT2D eigenvalue weighted by molar-refractivity contribution is 5.69. The number of amides is 1. The van der Waals surface area contributed by atoms with E-state index in [1.54, 1.807) is 4.90 Å². The number of carbonyl (C=O) groups is 1. The number of hydrogen-bond donors (Lipinski definition) is 0. The van der Waals surface area contributed by atoms with E-state index in [-0.39, 0.29) is 24.3 Å². The van der Waals surface area contributed by atoms with Crippen molar-refractivity contribution < 1.29 is 14.3 Å². The Morgan fingerprint density at radius 3 is 2.94 bits per heavy atom. The van der Waals surface area contributed by atoms with E-state index in [0.717, 1.165) is 0 Å². The number of fused-ring (bicyclic) bond motifs is 1. The second kappa shape index (κ2) is 4.66. The van der Waals surface area contributed by atoms with Crippen molar-refractivity contribution in [1.82, 2.24) is 4.90 Å². The lowest BCUT2D eigenvalue weighted by Gasteiger charge is -2.29. The van der Waals surface area contributed by atoms with Crippen LogP contribution < -0.4 is 0 Å². The number of hydrogen-bond acceptors (Lipinski definition) is 4. The van der Waals surface area contributed by atoms with Gasteiger partial charge in [0.2, 0.25) is 0 Å². The number of likely N-dealkylation sites (tertiary alicyclic amines) is 1. The Hall–Kier alpha value is -1.46. The maximum absolute atomic E-state index is 12.0. The lowest BCUT2D eigenvalue weighted by Crippen LogP contribution is -2.43. The molecule has 7 heteroatoms. The van der Waals surface area contributed by atoms with E-state index < -0.39 is 5.60 Å². The normalized spacial score (nSPS) is 29.5. The molecule has 0 aromatic carbocycles. The molecule has 0 aliphatic carbocycles. The van der Waals surface area contributed by atoms with E-state index in [1.807, 2.05) is 20.8 Å². The molecular weight excluding hydrogens is 236 g/mol. The van der Waals surface area contributed by atoms with Gasteiger partial charge in [-0.25, -0.2) is 4.79 Å². The smallest absolute Gasteiger partial charge is 0.410 e. The predicted octanol–water partition coefficient (Wildman–Crippen LogP) is 2.07. The van der Waals surface area contributed by atoms with Gasteiger partial charge in [-0.3, -0.25) is 4.90 Å². The van der Waals surface area contributed by atoms with Gasteiger partial charge in [0.25, 0.3) is 0 Å². The molecule has 2 aliphatic heterocycles. The van der Waals surface area contributed by atoms with Crippen molar-refractivity contribution in [3.8, 4) is 0 Å². The molecule has 0 bridgehead atoms. The molecule has 1 amide bonds. The summed E-state index contributed by atoms with van der Waals surface area (Å²) in [6.07, 6.45) is 0.522. The molecule has 100 valence electrons. The number of ether oxygens (including phenoxy) is 2. The van der Waals surface area contributed by atoms with Crippen LogP contribution in [0.15, 0.2) is 5.11 Å². The lowest BCUT2D eigenvalue weighted by molar-refractivity contribution is 0.0117. The highest BCUT2D eigenvalue weighted by Crippen LogP contribution is 2.38. The number of azide groups is 1. The molecule has 2 heterocycles. The van der Waals surface area contributed by atoms with Crippen molar-refractivity contribution >= 4 is 6.09 Å². The zero-order valence-electron chi connectivity index (χ0n) is 10.9. The van der Waals surface area contributed by atoms with Gasteiger partial charge in [0.15, 0.2) is 0 Å². The number of rotatable bonds is 3. The standard InChI is InChI=1S/C11H18N4O3/c1-11(2,3)18-10(16)15-6-8-9(17-8)7(15)4-5-13-14-12/h7-9H,4-6H2,1-3H3. The Labute approximate surface area is 106 Å². The van der Waals surface area contributed by atoms with E-state index in [1.165, 1.54) is 0 Å². The van der Waals surface area contributed by atoms with Crippen molar-refractivity contribution in [1.29, 1.82) is 0 Å². The Balaban J connectivity index is 1.94. The first-order valence-corrected chi connectivity index (χ1v) is 6.08. The average Bonchev–Trinajstić information content (AvgIpc) is 2.92. The fraction of sp³-hybridized carbons (Fsp3) is 0.909. The van der Waals surface area contributed by atoms with E-state index in [9.17, 15) is 4.79 Å². The Morgan fingerprint density at radius 1 is 1.61 bits per heavy atom. The van der Waals surface area contributed by atoms with Gasteiger partial charge in [0.1, 0.15) is 17.8 Å². The SMILES string of the molecule is CC(C)(C)OC(=O)N1CC2OC2C1CCN=[N+]=[N-]. The topological polar surface area (TPSA) is 90.8 Å². The van der Waals surface area contributed by atoms with Crippen LogP contribution in [-0.2, 0) is 9.47 Å². The second-order valence-electron chi connectivity index (χ2n) is 5.58. The molecule has 0 radical (unpaired) electrons. The molecule has 2 rings (SSSR count). The Morgan fingerprint density at radius 2 is 2.33 bits per heavy atom. The van der Waals surface area contributed by atoms with Crippen molar-refractivity contribution in [3.05, 3.63) is 10.4 Å². The molecule has 2 aliphatic rings. The molecule has 0 saturated carbocycles. The summed E-state index contributed by atoms with van der Waals surface area (Å²) < 4.78 is 10.8. The molecular formula is C11H18N4O3. The van der Waals surface area contributed by atoms with Gasteiger partial charge in [-0.1, -0.05) is 5.11 Å². The Kier molecular flexibility index (Phi) is 3.36. The van der Waals surface area contributed by atoms with Crippen LogP contribution in [0.1, 0.15) is 27.2 Å². The fourth-order valence-corrected chi connectivity index (χ4v) is 2.23. The van der Waals surface area contributed by atoms with Crippen LogP contribution in [0.4, 0.5) is 4.79 Å². The molecule has 0 spiro atoms. The molecule has 0 aromatic rings. The van der Waals surface area contributed by atoms with Crippen LogP contribution in [0.3, 0.4) is 0 Å². The minimum Gasteiger partial charge on any atom is -0.444 e. The summed E-state index contributed by atoms with van der Waals surface area (Å²) in [6, 6.07) is -0.0321.